The monoisotopic (exact) mass is 471 g/mol. The Morgan fingerprint density at radius 1 is 1.06 bits per heavy atom. The van der Waals surface area contributed by atoms with Crippen LogP contribution in [0.2, 0.25) is 0 Å². The molecule has 0 saturated carbocycles. The van der Waals surface area contributed by atoms with Gasteiger partial charge in [0.05, 0.1) is 26.6 Å². The molecule has 0 amide bonds. The van der Waals surface area contributed by atoms with Gasteiger partial charge in [-0.3, -0.25) is 10.1 Å². The van der Waals surface area contributed by atoms with Crippen LogP contribution in [0.3, 0.4) is 0 Å². The third-order valence-corrected chi connectivity index (χ3v) is 6.93. The van der Waals surface area contributed by atoms with Crippen LogP contribution in [-0.2, 0) is 15.4 Å². The van der Waals surface area contributed by atoms with Gasteiger partial charge in [-0.25, -0.2) is 17.9 Å². The van der Waals surface area contributed by atoms with Crippen molar-refractivity contribution in [2.24, 2.45) is 0 Å². The van der Waals surface area contributed by atoms with Crippen LogP contribution in [0, 0.1) is 30.9 Å². The van der Waals surface area contributed by atoms with Crippen molar-refractivity contribution in [3.63, 3.8) is 0 Å². The second-order valence-electron chi connectivity index (χ2n) is 8.77. The molecule has 0 N–H and O–H groups in total. The summed E-state index contributed by atoms with van der Waals surface area (Å²) in [5, 5.41) is 15.6. The lowest BCUT2D eigenvalue weighted by atomic mass is 10.1. The minimum absolute atomic E-state index is 0.0351. The summed E-state index contributed by atoms with van der Waals surface area (Å²) in [5.41, 5.74) is 0.408. The van der Waals surface area contributed by atoms with Crippen molar-refractivity contribution in [1.82, 2.24) is 9.78 Å². The van der Waals surface area contributed by atoms with E-state index in [-0.39, 0.29) is 32.6 Å². The normalized spacial score (nSPS) is 11.9. The zero-order valence-electron chi connectivity index (χ0n) is 19.2. The highest BCUT2D eigenvalue weighted by Crippen LogP contribution is 2.36. The number of ether oxygens (including phenoxy) is 1. The Kier molecular flexibility index (Phi) is 6.16. The van der Waals surface area contributed by atoms with E-state index >= 15 is 0 Å². The van der Waals surface area contributed by atoms with E-state index in [1.54, 1.807) is 39.8 Å². The van der Waals surface area contributed by atoms with Gasteiger partial charge >= 0.3 is 5.97 Å². The molecule has 0 saturated heterocycles. The zero-order valence-corrected chi connectivity index (χ0v) is 20.1. The van der Waals surface area contributed by atoms with Crippen molar-refractivity contribution in [1.29, 1.82) is 0 Å². The second-order valence-corrected chi connectivity index (χ2v) is 10.7. The van der Waals surface area contributed by atoms with Crippen LogP contribution < -0.4 is 4.74 Å². The van der Waals surface area contributed by atoms with Crippen LogP contribution in [0.5, 0.6) is 5.88 Å². The summed E-state index contributed by atoms with van der Waals surface area (Å²) >= 11 is 0. The molecule has 0 aliphatic rings. The fourth-order valence-corrected chi connectivity index (χ4v) is 4.78. The number of hydrogen-bond donors (Lipinski definition) is 0. The number of aryl methyl sites for hydroxylation is 3. The summed E-state index contributed by atoms with van der Waals surface area (Å²) in [7, 11) is -4.08. The topological polar surface area (TPSA) is 121 Å². The third kappa shape index (κ3) is 4.65. The molecule has 0 unspecified atom stereocenters. The SMILES string of the molecule is Cc1ccc(S(=O)(=O)c2c(C)nn(C(C)(C)C)c2OC(=O)c2ccc(C)c([N+](=O)[O-])c2)cc1. The predicted molar refractivity (Wildman–Crippen MR) is 121 cm³/mol. The molecule has 3 rings (SSSR count). The molecular weight excluding hydrogens is 446 g/mol. The van der Waals surface area contributed by atoms with Crippen molar-refractivity contribution in [3.05, 3.63) is 75.0 Å². The zero-order chi connectivity index (χ0) is 24.7. The quantitative estimate of drug-likeness (QED) is 0.304. The van der Waals surface area contributed by atoms with Gasteiger partial charge in [0.1, 0.15) is 0 Å². The van der Waals surface area contributed by atoms with Gasteiger partial charge < -0.3 is 4.74 Å². The number of nitrogens with zero attached hydrogens (tertiary/aromatic N) is 3. The summed E-state index contributed by atoms with van der Waals surface area (Å²) in [6.45, 7) is 10.3. The van der Waals surface area contributed by atoms with Crippen LogP contribution in [0.4, 0.5) is 5.69 Å². The summed E-state index contributed by atoms with van der Waals surface area (Å²) in [4.78, 5) is 23.5. The van der Waals surface area contributed by atoms with E-state index in [1.807, 2.05) is 6.92 Å². The molecule has 2 aromatic carbocycles. The molecule has 0 aliphatic carbocycles. The third-order valence-electron chi connectivity index (χ3n) is 5.03. The lowest BCUT2D eigenvalue weighted by Gasteiger charge is -2.22. The van der Waals surface area contributed by atoms with Crippen LogP contribution in [0.25, 0.3) is 0 Å². The Balaban J connectivity index is 2.17. The molecule has 0 atom stereocenters. The smallest absolute Gasteiger partial charge is 0.345 e. The fraction of sp³-hybridized carbons (Fsp3) is 0.304. The highest BCUT2D eigenvalue weighted by atomic mass is 32.2. The molecule has 0 spiro atoms. The molecule has 0 fully saturated rings. The summed E-state index contributed by atoms with van der Waals surface area (Å²) in [5.74, 6) is -1.17. The predicted octanol–water partition coefficient (Wildman–Crippen LogP) is 4.52. The molecule has 0 bridgehead atoms. The lowest BCUT2D eigenvalue weighted by Crippen LogP contribution is -2.26. The molecule has 10 heteroatoms. The lowest BCUT2D eigenvalue weighted by molar-refractivity contribution is -0.385. The second kappa shape index (κ2) is 8.43. The number of esters is 1. The minimum atomic E-state index is -4.08. The number of sulfone groups is 1. The Morgan fingerprint density at radius 2 is 1.67 bits per heavy atom. The number of nitro groups is 1. The van der Waals surface area contributed by atoms with E-state index in [2.05, 4.69) is 5.10 Å². The molecule has 0 aliphatic heterocycles. The first-order valence-electron chi connectivity index (χ1n) is 10.1. The molecule has 3 aromatic rings. The van der Waals surface area contributed by atoms with E-state index in [0.717, 1.165) is 11.6 Å². The number of hydrogen-bond acceptors (Lipinski definition) is 7. The van der Waals surface area contributed by atoms with E-state index < -0.39 is 26.3 Å². The van der Waals surface area contributed by atoms with Crippen molar-refractivity contribution in [3.8, 4) is 5.88 Å². The maximum absolute atomic E-state index is 13.5. The first-order chi connectivity index (χ1) is 15.2. The Morgan fingerprint density at radius 3 is 2.21 bits per heavy atom. The first kappa shape index (κ1) is 24.1. The van der Waals surface area contributed by atoms with Gasteiger partial charge in [-0.2, -0.15) is 5.10 Å². The number of carbonyl (C=O) groups is 1. The van der Waals surface area contributed by atoms with Crippen molar-refractivity contribution in [2.45, 2.75) is 56.9 Å². The van der Waals surface area contributed by atoms with E-state index in [1.165, 1.54) is 35.9 Å². The van der Waals surface area contributed by atoms with Gasteiger partial charge in [0, 0.05) is 11.6 Å². The molecule has 1 heterocycles. The summed E-state index contributed by atoms with van der Waals surface area (Å²) < 4.78 is 33.9. The Labute approximate surface area is 192 Å². The van der Waals surface area contributed by atoms with E-state index in [0.29, 0.717) is 5.56 Å². The van der Waals surface area contributed by atoms with Crippen molar-refractivity contribution >= 4 is 21.5 Å². The highest BCUT2D eigenvalue weighted by Gasteiger charge is 2.35. The number of carbonyl (C=O) groups excluding carboxylic acids is 1. The van der Waals surface area contributed by atoms with Crippen LogP contribution in [0.15, 0.2) is 52.3 Å². The van der Waals surface area contributed by atoms with Gasteiger partial charge in [0.15, 0.2) is 4.90 Å². The van der Waals surface area contributed by atoms with Gasteiger partial charge in [-0.05, 0) is 59.7 Å². The van der Waals surface area contributed by atoms with Gasteiger partial charge in [-0.15, -0.1) is 0 Å². The maximum atomic E-state index is 13.5. The van der Waals surface area contributed by atoms with Crippen molar-refractivity contribution < 1.29 is 22.9 Å². The Hall–Kier alpha value is -3.53. The minimum Gasteiger partial charge on any atom is -0.403 e. The number of benzene rings is 2. The summed E-state index contributed by atoms with van der Waals surface area (Å²) in [6.07, 6.45) is 0. The first-order valence-corrected chi connectivity index (χ1v) is 11.6. The fourth-order valence-electron chi connectivity index (χ4n) is 3.26. The summed E-state index contributed by atoms with van der Waals surface area (Å²) in [6, 6.07) is 10.2. The largest absolute Gasteiger partial charge is 0.403 e. The number of aromatic nitrogens is 2. The van der Waals surface area contributed by atoms with Crippen LogP contribution in [0.1, 0.15) is 48.0 Å². The van der Waals surface area contributed by atoms with E-state index in [4.69, 9.17) is 4.74 Å². The standard InChI is InChI=1S/C23H25N3O6S/c1-14-7-11-18(12-8-14)33(30,31)20-16(3)24-25(23(4,5)6)21(20)32-22(27)17-10-9-15(2)19(13-17)26(28)29/h7-13H,1-6H3. The van der Waals surface area contributed by atoms with Crippen LogP contribution >= 0.6 is 0 Å². The molecule has 1 aromatic heterocycles. The van der Waals surface area contributed by atoms with Gasteiger partial charge in [0.25, 0.3) is 5.69 Å². The van der Waals surface area contributed by atoms with Crippen molar-refractivity contribution in [2.75, 3.05) is 0 Å². The van der Waals surface area contributed by atoms with Gasteiger partial charge in [-0.1, -0.05) is 23.8 Å². The molecule has 9 nitrogen and oxygen atoms in total. The van der Waals surface area contributed by atoms with E-state index in [9.17, 15) is 23.3 Å². The molecule has 33 heavy (non-hydrogen) atoms. The average molecular weight is 472 g/mol. The Bertz CT molecular complexity index is 1350. The van der Waals surface area contributed by atoms with Gasteiger partial charge in [0.2, 0.25) is 15.7 Å². The maximum Gasteiger partial charge on any atom is 0.345 e. The molecule has 174 valence electrons. The van der Waals surface area contributed by atoms with Crippen LogP contribution in [-0.4, -0.2) is 29.1 Å². The average Bonchev–Trinajstić information content (AvgIpc) is 3.05. The number of rotatable bonds is 5. The molecule has 0 radical (unpaired) electrons. The molecular formula is C23H25N3O6S. The number of nitro benzene ring substituents is 1. The highest BCUT2D eigenvalue weighted by molar-refractivity contribution is 7.91.